The molecule has 1 aliphatic rings. The maximum absolute atomic E-state index is 13.3. The Bertz CT molecular complexity index is 1100. The van der Waals surface area contributed by atoms with Crippen LogP contribution in [-0.2, 0) is 19.4 Å². The van der Waals surface area contributed by atoms with Crippen molar-refractivity contribution in [3.63, 3.8) is 0 Å². The minimum absolute atomic E-state index is 0.0183. The van der Waals surface area contributed by atoms with Crippen molar-refractivity contribution in [2.75, 3.05) is 12.4 Å². The van der Waals surface area contributed by atoms with Crippen molar-refractivity contribution in [3.05, 3.63) is 77.0 Å². The van der Waals surface area contributed by atoms with Gasteiger partial charge in [-0.25, -0.2) is 26.8 Å². The highest BCUT2D eigenvalue weighted by Gasteiger charge is 2.35. The van der Waals surface area contributed by atoms with Gasteiger partial charge in [-0.1, -0.05) is 12.1 Å². The molecule has 0 spiro atoms. The Labute approximate surface area is 171 Å². The first-order valence-electron chi connectivity index (χ1n) is 8.92. The van der Waals surface area contributed by atoms with E-state index in [1.165, 1.54) is 12.1 Å². The van der Waals surface area contributed by atoms with E-state index < -0.39 is 45.3 Å². The summed E-state index contributed by atoms with van der Waals surface area (Å²) in [6.45, 7) is 1.60. The highest BCUT2D eigenvalue weighted by atomic mass is 32.2. The highest BCUT2D eigenvalue weighted by Crippen LogP contribution is 2.29. The molecule has 0 saturated carbocycles. The molecule has 10 heteroatoms. The van der Waals surface area contributed by atoms with Crippen molar-refractivity contribution < 1.29 is 31.5 Å². The number of ether oxygens (including phenoxy) is 1. The number of hydrogen-bond acceptors (Lipinski definition) is 5. The quantitative estimate of drug-likeness (QED) is 0.536. The van der Waals surface area contributed by atoms with Crippen molar-refractivity contribution in [1.82, 2.24) is 10.6 Å². The predicted molar refractivity (Wildman–Crippen MR) is 103 cm³/mol. The van der Waals surface area contributed by atoms with Crippen LogP contribution < -0.4 is 10.6 Å². The average molecular weight is 436 g/mol. The number of carbonyl (C=O) groups is 2. The summed E-state index contributed by atoms with van der Waals surface area (Å²) in [4.78, 5) is 24.7. The molecule has 2 N–H and O–H groups in total. The van der Waals surface area contributed by atoms with Crippen molar-refractivity contribution in [3.8, 4) is 0 Å². The Balaban J connectivity index is 2.08. The Morgan fingerprint density at radius 3 is 2.17 bits per heavy atom. The first-order chi connectivity index (χ1) is 14.2. The van der Waals surface area contributed by atoms with E-state index in [1.807, 2.05) is 0 Å². The summed E-state index contributed by atoms with van der Waals surface area (Å²) in [5.41, 5.74) is 0.0792. The van der Waals surface area contributed by atoms with Crippen LogP contribution in [0.25, 0.3) is 0 Å². The summed E-state index contributed by atoms with van der Waals surface area (Å²) < 4.78 is 57.1. The molecule has 0 unspecified atom stereocenters. The van der Waals surface area contributed by atoms with Gasteiger partial charge in [0.15, 0.2) is 9.84 Å². The lowest BCUT2D eigenvalue weighted by Gasteiger charge is -2.29. The van der Waals surface area contributed by atoms with Gasteiger partial charge in [-0.2, -0.15) is 0 Å². The van der Waals surface area contributed by atoms with Crippen LogP contribution in [0.5, 0.6) is 0 Å². The predicted octanol–water partition coefficient (Wildman–Crippen LogP) is 2.61. The van der Waals surface area contributed by atoms with Crippen molar-refractivity contribution in [2.24, 2.45) is 0 Å². The van der Waals surface area contributed by atoms with Gasteiger partial charge in [-0.3, -0.25) is 0 Å². The number of carbonyl (C=O) groups excluding carboxylic acids is 2. The molecule has 3 rings (SSSR count). The number of halogens is 2. The van der Waals surface area contributed by atoms with E-state index in [-0.39, 0.29) is 22.8 Å². The van der Waals surface area contributed by atoms with Gasteiger partial charge in [-0.15, -0.1) is 0 Å². The van der Waals surface area contributed by atoms with Gasteiger partial charge in [0.2, 0.25) is 0 Å². The van der Waals surface area contributed by atoms with E-state index in [1.54, 1.807) is 6.92 Å². The largest absolute Gasteiger partial charge is 0.463 e. The lowest BCUT2D eigenvalue weighted by molar-refractivity contribution is -0.139. The molecule has 2 amide bonds. The summed E-state index contributed by atoms with van der Waals surface area (Å²) in [7, 11) is -4.03. The maximum Gasteiger partial charge on any atom is 0.338 e. The molecule has 1 heterocycles. The molecule has 0 fully saturated rings. The monoisotopic (exact) mass is 436 g/mol. The van der Waals surface area contributed by atoms with Crippen LogP contribution in [0.1, 0.15) is 18.5 Å². The fourth-order valence-electron chi connectivity index (χ4n) is 3.00. The Morgan fingerprint density at radius 2 is 1.60 bits per heavy atom. The Morgan fingerprint density at radius 1 is 1.03 bits per heavy atom. The molecule has 0 aliphatic carbocycles. The molecule has 1 atom stereocenters. The molecule has 158 valence electrons. The molecular formula is C20H18F2N2O5S. The van der Waals surface area contributed by atoms with E-state index in [0.717, 1.165) is 36.4 Å². The summed E-state index contributed by atoms with van der Waals surface area (Å²) in [6, 6.07) is 7.45. The number of sulfone groups is 1. The summed E-state index contributed by atoms with van der Waals surface area (Å²) in [5, 5.41) is 4.88. The molecule has 0 saturated heterocycles. The molecule has 0 aromatic heterocycles. The fourth-order valence-corrected chi connectivity index (χ4v) is 4.33. The number of rotatable bonds is 6. The van der Waals surface area contributed by atoms with Crippen molar-refractivity contribution >= 4 is 21.8 Å². The third-order valence-electron chi connectivity index (χ3n) is 4.36. The second kappa shape index (κ2) is 8.62. The van der Waals surface area contributed by atoms with Gasteiger partial charge >= 0.3 is 12.0 Å². The molecule has 0 bridgehead atoms. The lowest BCUT2D eigenvalue weighted by atomic mass is 9.95. The third-order valence-corrected chi connectivity index (χ3v) is 6.02. The Kier molecular flexibility index (Phi) is 6.16. The molecule has 1 aliphatic heterocycles. The first-order valence-corrected chi connectivity index (χ1v) is 10.6. The zero-order valence-corrected chi connectivity index (χ0v) is 16.6. The van der Waals surface area contributed by atoms with E-state index in [2.05, 4.69) is 10.6 Å². The van der Waals surface area contributed by atoms with Crippen LogP contribution in [-0.4, -0.2) is 32.8 Å². The van der Waals surface area contributed by atoms with Crippen LogP contribution in [0.4, 0.5) is 13.6 Å². The molecule has 30 heavy (non-hydrogen) atoms. The lowest BCUT2D eigenvalue weighted by Crippen LogP contribution is -2.47. The van der Waals surface area contributed by atoms with Gasteiger partial charge in [0.05, 0.1) is 28.9 Å². The van der Waals surface area contributed by atoms with Gasteiger partial charge in [-0.05, 0) is 48.9 Å². The van der Waals surface area contributed by atoms with Crippen LogP contribution in [0, 0.1) is 11.6 Å². The number of benzene rings is 2. The van der Waals surface area contributed by atoms with Gasteiger partial charge < -0.3 is 15.4 Å². The average Bonchev–Trinajstić information content (AvgIpc) is 2.68. The molecular weight excluding hydrogens is 418 g/mol. The number of nitrogens with one attached hydrogen (secondary N) is 2. The van der Waals surface area contributed by atoms with E-state index in [0.29, 0.717) is 5.56 Å². The standard InChI is InChI=1S/C20H18F2N2O5S/c1-2-29-19(25)17-16(11-30(27,28)15-9-7-14(22)8-10-15)23-20(26)24-18(17)12-3-5-13(21)6-4-12/h3-10,18H,2,11H2,1H3,(H2,23,24,26)/t18-/m1/s1. The van der Waals surface area contributed by atoms with Gasteiger partial charge in [0.25, 0.3) is 0 Å². The van der Waals surface area contributed by atoms with Crippen molar-refractivity contribution in [1.29, 1.82) is 0 Å². The first kappa shape index (κ1) is 21.4. The van der Waals surface area contributed by atoms with E-state index >= 15 is 0 Å². The topological polar surface area (TPSA) is 102 Å². The minimum atomic E-state index is -4.03. The fraction of sp³-hybridized carbons (Fsp3) is 0.200. The van der Waals surface area contributed by atoms with Crippen LogP contribution in [0.15, 0.2) is 64.7 Å². The molecule has 7 nitrogen and oxygen atoms in total. The zero-order valence-electron chi connectivity index (χ0n) is 15.8. The van der Waals surface area contributed by atoms with E-state index in [9.17, 15) is 26.8 Å². The van der Waals surface area contributed by atoms with Gasteiger partial charge in [0, 0.05) is 5.70 Å². The second-order valence-corrected chi connectivity index (χ2v) is 8.40. The van der Waals surface area contributed by atoms with Crippen LogP contribution in [0.3, 0.4) is 0 Å². The number of amides is 2. The number of esters is 1. The number of hydrogen-bond donors (Lipinski definition) is 2. The van der Waals surface area contributed by atoms with Crippen LogP contribution in [0.2, 0.25) is 0 Å². The molecule has 2 aromatic carbocycles. The maximum atomic E-state index is 13.3. The second-order valence-electron chi connectivity index (χ2n) is 6.41. The summed E-state index contributed by atoms with van der Waals surface area (Å²) in [5.74, 6) is -2.67. The number of urea groups is 1. The van der Waals surface area contributed by atoms with Crippen LogP contribution >= 0.6 is 0 Å². The SMILES string of the molecule is CCOC(=O)C1=C(CS(=O)(=O)c2ccc(F)cc2)NC(=O)N[C@@H]1c1ccc(F)cc1. The van der Waals surface area contributed by atoms with Crippen molar-refractivity contribution in [2.45, 2.75) is 17.9 Å². The molecule has 0 radical (unpaired) electrons. The normalized spacial score (nSPS) is 16.6. The summed E-state index contributed by atoms with van der Waals surface area (Å²) >= 11 is 0. The summed E-state index contributed by atoms with van der Waals surface area (Å²) in [6.07, 6.45) is 0. The Hall–Kier alpha value is -3.27. The van der Waals surface area contributed by atoms with Gasteiger partial charge in [0.1, 0.15) is 11.6 Å². The van der Waals surface area contributed by atoms with E-state index in [4.69, 9.17) is 4.74 Å². The third kappa shape index (κ3) is 4.65. The minimum Gasteiger partial charge on any atom is -0.463 e. The molecule has 2 aromatic rings. The smallest absolute Gasteiger partial charge is 0.338 e. The zero-order chi connectivity index (χ0) is 21.9. The highest BCUT2D eigenvalue weighted by molar-refractivity contribution is 7.91.